The molecule has 3 rings (SSSR count). The molecular weight excluding hydrogens is 647 g/mol. The van der Waals surface area contributed by atoms with Gasteiger partial charge in [-0.25, -0.2) is 0 Å². The van der Waals surface area contributed by atoms with E-state index in [0.29, 0.717) is 19.3 Å². The van der Waals surface area contributed by atoms with Crippen molar-refractivity contribution < 1.29 is 22.1 Å². The van der Waals surface area contributed by atoms with E-state index in [-0.39, 0.29) is 28.6 Å². The van der Waals surface area contributed by atoms with Crippen LogP contribution < -0.4 is 14.2 Å². The average molecular weight is 667 g/mol. The third-order valence-corrected chi connectivity index (χ3v) is 7.36. The second kappa shape index (κ2) is 11.7. The maximum Gasteiger partial charge on any atom is 0.339 e. The van der Waals surface area contributed by atoms with Gasteiger partial charge in [0.25, 0.3) is 5.91 Å². The predicted molar refractivity (Wildman–Crippen MR) is 146 cm³/mol. The zero-order chi connectivity index (χ0) is 25.6. The minimum Gasteiger partial charge on any atom is -0.490 e. The van der Waals surface area contributed by atoms with Gasteiger partial charge in [-0.3, -0.25) is 4.79 Å². The molecule has 180 valence electrons. The normalized spacial score (nSPS) is 11.5. The van der Waals surface area contributed by atoms with Gasteiger partial charge >= 0.3 is 10.1 Å². The minimum absolute atomic E-state index is 0.0147. The predicted octanol–water partition coefficient (Wildman–Crippen LogP) is 6.07. The summed E-state index contributed by atoms with van der Waals surface area (Å²) < 4.78 is 37.8. The number of anilines is 1. The third-order valence-electron chi connectivity index (χ3n) is 4.63. The Morgan fingerprint density at radius 2 is 1.86 bits per heavy atom. The van der Waals surface area contributed by atoms with E-state index >= 15 is 0 Å². The summed E-state index contributed by atoms with van der Waals surface area (Å²) in [5, 5.41) is 12.3. The summed E-state index contributed by atoms with van der Waals surface area (Å²) in [5.74, 6) is -0.388. The molecule has 3 aromatic rings. The van der Waals surface area contributed by atoms with Gasteiger partial charge < -0.3 is 14.2 Å². The summed E-state index contributed by atoms with van der Waals surface area (Å²) in [6.45, 7) is 3.85. The number of hydrogen-bond acceptors (Lipinski definition) is 6. The van der Waals surface area contributed by atoms with Crippen molar-refractivity contribution in [2.24, 2.45) is 0 Å². The van der Waals surface area contributed by atoms with Crippen molar-refractivity contribution in [3.05, 3.63) is 85.4 Å². The lowest BCUT2D eigenvalue weighted by Gasteiger charge is -2.15. The molecule has 0 unspecified atom stereocenters. The average Bonchev–Trinajstić information content (AvgIpc) is 2.81. The van der Waals surface area contributed by atoms with Crippen molar-refractivity contribution in [2.45, 2.75) is 18.7 Å². The van der Waals surface area contributed by atoms with Crippen LogP contribution in [0.1, 0.15) is 18.1 Å². The summed E-state index contributed by atoms with van der Waals surface area (Å²) in [7, 11) is -4.11. The number of ether oxygens (including phenoxy) is 1. The number of benzene rings is 3. The fraction of sp³-hybridized carbons (Fsp3) is 0.120. The summed E-state index contributed by atoms with van der Waals surface area (Å²) in [4.78, 5) is 12.7. The number of rotatable bonds is 8. The van der Waals surface area contributed by atoms with Crippen LogP contribution in [0.3, 0.4) is 0 Å². The quantitative estimate of drug-likeness (QED) is 0.135. The van der Waals surface area contributed by atoms with Crippen LogP contribution in [0.4, 0.5) is 5.69 Å². The van der Waals surface area contributed by atoms with Crippen LogP contribution in [0.5, 0.6) is 11.5 Å². The molecule has 0 radical (unpaired) electrons. The number of nitrogens with one attached hydrogen (secondary N) is 1. The van der Waals surface area contributed by atoms with Crippen molar-refractivity contribution >= 4 is 66.3 Å². The molecule has 0 aromatic heterocycles. The van der Waals surface area contributed by atoms with Gasteiger partial charge in [-0.2, -0.15) is 13.7 Å². The maximum absolute atomic E-state index is 12.8. The maximum atomic E-state index is 12.8. The third kappa shape index (κ3) is 6.84. The van der Waals surface area contributed by atoms with E-state index in [1.165, 1.54) is 24.3 Å². The highest BCUT2D eigenvalue weighted by molar-refractivity contribution is 14.1. The Morgan fingerprint density at radius 1 is 1.17 bits per heavy atom. The van der Waals surface area contributed by atoms with E-state index in [9.17, 15) is 18.5 Å². The zero-order valence-electron chi connectivity index (χ0n) is 18.7. The molecule has 0 atom stereocenters. The van der Waals surface area contributed by atoms with E-state index < -0.39 is 16.0 Å². The molecule has 0 aliphatic rings. The first kappa shape index (κ1) is 26.7. The van der Waals surface area contributed by atoms with Gasteiger partial charge in [-0.05, 0) is 100 Å². The first-order chi connectivity index (χ1) is 16.6. The van der Waals surface area contributed by atoms with E-state index in [1.807, 2.05) is 35.6 Å². The molecule has 1 amide bonds. The number of hydrogen-bond donors (Lipinski definition) is 1. The highest BCUT2D eigenvalue weighted by atomic mass is 127. The molecule has 0 bridgehead atoms. The molecule has 0 saturated heterocycles. The van der Waals surface area contributed by atoms with Gasteiger partial charge in [-0.1, -0.05) is 29.8 Å². The van der Waals surface area contributed by atoms with Crippen molar-refractivity contribution in [1.29, 1.82) is 5.26 Å². The Bertz CT molecular complexity index is 1430. The number of aryl methyl sites for hydroxylation is 1. The molecular formula is C25H20BrIN2O5S. The van der Waals surface area contributed by atoms with Crippen LogP contribution in [0.15, 0.2) is 75.6 Å². The second-order valence-electron chi connectivity index (χ2n) is 7.22. The Kier molecular flexibility index (Phi) is 8.93. The number of nitrogens with zero attached hydrogens (tertiary/aromatic N) is 1. The van der Waals surface area contributed by atoms with Gasteiger partial charge in [0.2, 0.25) is 0 Å². The molecule has 3 aromatic carbocycles. The van der Waals surface area contributed by atoms with Gasteiger partial charge in [-0.15, -0.1) is 0 Å². The van der Waals surface area contributed by atoms with Crippen LogP contribution in [0.2, 0.25) is 0 Å². The van der Waals surface area contributed by atoms with Gasteiger partial charge in [0, 0.05) is 4.47 Å². The van der Waals surface area contributed by atoms with Crippen molar-refractivity contribution in [3.63, 3.8) is 0 Å². The number of para-hydroxylation sites is 1. The zero-order valence-corrected chi connectivity index (χ0v) is 23.3. The smallest absolute Gasteiger partial charge is 0.339 e. The number of halogens is 2. The van der Waals surface area contributed by atoms with Gasteiger partial charge in [0.15, 0.2) is 11.5 Å². The number of nitriles is 1. The summed E-state index contributed by atoms with van der Waals surface area (Å²) >= 11 is 5.28. The molecule has 0 saturated carbocycles. The molecule has 35 heavy (non-hydrogen) atoms. The highest BCUT2D eigenvalue weighted by Gasteiger charge is 2.22. The van der Waals surface area contributed by atoms with Crippen LogP contribution >= 0.6 is 38.5 Å². The summed E-state index contributed by atoms with van der Waals surface area (Å²) in [5.41, 5.74) is 1.77. The van der Waals surface area contributed by atoms with Crippen molar-refractivity contribution in [3.8, 4) is 17.6 Å². The molecule has 0 aliphatic carbocycles. The Balaban J connectivity index is 1.95. The first-order valence-electron chi connectivity index (χ1n) is 10.3. The van der Waals surface area contributed by atoms with E-state index in [4.69, 9.17) is 8.92 Å². The standard InChI is InChI=1S/C25H20BrIN2O5S/c1-3-33-23-14-17(12-18(15-28)25(30)29-22-7-5-4-6-20(22)26)13-21(27)24(23)34-35(31,32)19-10-8-16(2)9-11-19/h4-14H,3H2,1-2H3,(H,29,30)/b18-12+. The molecule has 0 aliphatic heterocycles. The Labute approximate surface area is 226 Å². The fourth-order valence-corrected chi connectivity index (χ4v) is 5.17. The van der Waals surface area contributed by atoms with E-state index in [0.717, 1.165) is 5.56 Å². The second-order valence-corrected chi connectivity index (χ2v) is 10.8. The van der Waals surface area contributed by atoms with Crippen LogP contribution in [-0.4, -0.2) is 20.9 Å². The summed E-state index contributed by atoms with van der Waals surface area (Å²) in [6.07, 6.45) is 1.40. The van der Waals surface area contributed by atoms with Crippen LogP contribution in [0.25, 0.3) is 6.08 Å². The number of carbonyl (C=O) groups excluding carboxylic acids is 1. The monoisotopic (exact) mass is 666 g/mol. The highest BCUT2D eigenvalue weighted by Crippen LogP contribution is 2.37. The minimum atomic E-state index is -4.11. The van der Waals surface area contributed by atoms with Crippen LogP contribution in [0, 0.1) is 21.8 Å². The fourth-order valence-electron chi connectivity index (χ4n) is 2.95. The topological polar surface area (TPSA) is 105 Å². The van der Waals surface area contributed by atoms with Gasteiger partial charge in [0.1, 0.15) is 16.5 Å². The Morgan fingerprint density at radius 3 is 2.49 bits per heavy atom. The lowest BCUT2D eigenvalue weighted by molar-refractivity contribution is -0.112. The molecule has 0 fully saturated rings. The molecule has 7 nitrogen and oxygen atoms in total. The first-order valence-corrected chi connectivity index (χ1v) is 13.6. The van der Waals surface area contributed by atoms with Crippen molar-refractivity contribution in [2.75, 3.05) is 11.9 Å². The van der Waals surface area contributed by atoms with Crippen LogP contribution in [-0.2, 0) is 14.9 Å². The lowest BCUT2D eigenvalue weighted by atomic mass is 10.1. The lowest BCUT2D eigenvalue weighted by Crippen LogP contribution is -2.14. The number of carbonyl (C=O) groups is 1. The van der Waals surface area contributed by atoms with Crippen molar-refractivity contribution in [1.82, 2.24) is 0 Å². The summed E-state index contributed by atoms with van der Waals surface area (Å²) in [6, 6.07) is 18.4. The van der Waals surface area contributed by atoms with Gasteiger partial charge in [0.05, 0.1) is 15.9 Å². The van der Waals surface area contributed by atoms with E-state index in [2.05, 4.69) is 21.2 Å². The molecule has 10 heteroatoms. The van der Waals surface area contributed by atoms with E-state index in [1.54, 1.807) is 49.4 Å². The molecule has 0 heterocycles. The largest absolute Gasteiger partial charge is 0.490 e. The molecule has 1 N–H and O–H groups in total. The molecule has 0 spiro atoms. The Hall–Kier alpha value is -2.88. The number of amides is 1. The SMILES string of the molecule is CCOc1cc(/C=C(\C#N)C(=O)Nc2ccccc2Br)cc(I)c1OS(=O)(=O)c1ccc(C)cc1.